The number of ketones is 1. The Kier molecular flexibility index (Phi) is 3.83. The van der Waals surface area contributed by atoms with Crippen LogP contribution in [-0.4, -0.2) is 12.3 Å². The third kappa shape index (κ3) is 2.67. The Bertz CT molecular complexity index is 212. The van der Waals surface area contributed by atoms with Crippen molar-refractivity contribution in [2.75, 3.05) is 6.54 Å². The van der Waals surface area contributed by atoms with Gasteiger partial charge in [-0.2, -0.15) is 0 Å². The van der Waals surface area contributed by atoms with Gasteiger partial charge in [0.05, 0.1) is 6.54 Å². The minimum absolute atomic E-state index is 0.185. The molecule has 1 aliphatic carbocycles. The Morgan fingerprint density at radius 3 is 2.83 bits per heavy atom. The summed E-state index contributed by atoms with van der Waals surface area (Å²) < 4.78 is 0. The lowest BCUT2D eigenvalue weighted by molar-refractivity contribution is -0.121. The van der Waals surface area contributed by atoms with Crippen LogP contribution in [0.5, 0.6) is 0 Å². The van der Waals surface area contributed by atoms with Crippen molar-refractivity contribution >= 4 is 5.78 Å². The number of carbonyl (C=O) groups is 1. The lowest BCUT2D eigenvalue weighted by atomic mass is 9.91. The maximum atomic E-state index is 11.3. The van der Waals surface area contributed by atoms with E-state index in [9.17, 15) is 4.79 Å². The average Bonchev–Trinajstić information content (AvgIpc) is 2.02. The molecule has 0 spiro atoms. The van der Waals surface area contributed by atoms with Gasteiger partial charge < -0.3 is 5.73 Å². The van der Waals surface area contributed by atoms with Crippen LogP contribution in [0.1, 0.15) is 32.1 Å². The Morgan fingerprint density at radius 1 is 1.33 bits per heavy atom. The topological polar surface area (TPSA) is 43.1 Å². The summed E-state index contributed by atoms with van der Waals surface area (Å²) in [6.45, 7) is 0.193. The summed E-state index contributed by atoms with van der Waals surface area (Å²) in [5.41, 5.74) is 5.31. The molecular weight excluding hydrogens is 150 g/mol. The molecule has 0 saturated heterocycles. The standard InChI is InChI=1S/C10H15NO/c11-8-10(12)9-6-4-2-1-3-5-7-9/h9H,2,4-8,11H2. The number of nitrogens with two attached hydrogens (primary N) is 1. The molecular formula is C10H15NO. The van der Waals surface area contributed by atoms with Crippen molar-refractivity contribution < 1.29 is 4.79 Å². The molecule has 0 aliphatic heterocycles. The molecule has 0 aromatic rings. The minimum Gasteiger partial charge on any atom is -0.324 e. The van der Waals surface area contributed by atoms with E-state index < -0.39 is 0 Å². The summed E-state index contributed by atoms with van der Waals surface area (Å²) in [6.07, 6.45) is 4.72. The number of Topliss-reactive ketones (excluding diaryl/α,β-unsaturated/α-hetero) is 1. The average molecular weight is 165 g/mol. The van der Waals surface area contributed by atoms with Gasteiger partial charge >= 0.3 is 0 Å². The van der Waals surface area contributed by atoms with Crippen molar-refractivity contribution in [2.24, 2.45) is 11.7 Å². The van der Waals surface area contributed by atoms with Crippen LogP contribution in [0.15, 0.2) is 0 Å². The van der Waals surface area contributed by atoms with E-state index in [4.69, 9.17) is 5.73 Å². The third-order valence-corrected chi connectivity index (χ3v) is 2.25. The Hall–Kier alpha value is -0.810. The highest BCUT2D eigenvalue weighted by molar-refractivity contribution is 5.82. The molecule has 0 saturated carbocycles. The fourth-order valence-corrected chi connectivity index (χ4v) is 1.49. The highest BCUT2D eigenvalue weighted by atomic mass is 16.1. The van der Waals surface area contributed by atoms with Gasteiger partial charge in [0.2, 0.25) is 0 Å². The molecule has 0 bridgehead atoms. The van der Waals surface area contributed by atoms with Crippen molar-refractivity contribution in [2.45, 2.75) is 32.1 Å². The zero-order chi connectivity index (χ0) is 8.81. The third-order valence-electron chi connectivity index (χ3n) is 2.25. The lowest BCUT2D eigenvalue weighted by Crippen LogP contribution is -2.23. The first kappa shape index (κ1) is 9.28. The van der Waals surface area contributed by atoms with Crippen LogP contribution >= 0.6 is 0 Å². The Balaban J connectivity index is 2.45. The van der Waals surface area contributed by atoms with Gasteiger partial charge in [-0.1, -0.05) is 0 Å². The first-order valence-electron chi connectivity index (χ1n) is 4.53. The van der Waals surface area contributed by atoms with Crippen LogP contribution in [0.4, 0.5) is 0 Å². The summed E-state index contributed by atoms with van der Waals surface area (Å²) in [5.74, 6) is 6.52. The van der Waals surface area contributed by atoms with Crippen molar-refractivity contribution in [3.63, 3.8) is 0 Å². The van der Waals surface area contributed by atoms with E-state index in [0.29, 0.717) is 0 Å². The van der Waals surface area contributed by atoms with Gasteiger partial charge in [-0.05, 0) is 19.3 Å². The van der Waals surface area contributed by atoms with E-state index in [-0.39, 0.29) is 18.2 Å². The molecule has 2 N–H and O–H groups in total. The van der Waals surface area contributed by atoms with Crippen LogP contribution in [-0.2, 0) is 4.79 Å². The highest BCUT2D eigenvalue weighted by Gasteiger charge is 2.15. The SMILES string of the molecule is NCC(=O)C1CCC#CCCC1. The zero-order valence-electron chi connectivity index (χ0n) is 7.31. The molecule has 0 fully saturated rings. The lowest BCUT2D eigenvalue weighted by Gasteiger charge is -2.13. The molecule has 1 atom stereocenters. The molecule has 1 unspecified atom stereocenters. The van der Waals surface area contributed by atoms with Crippen LogP contribution < -0.4 is 5.73 Å². The van der Waals surface area contributed by atoms with Crippen molar-refractivity contribution in [1.29, 1.82) is 0 Å². The number of carbonyl (C=O) groups excluding carboxylic acids is 1. The van der Waals surface area contributed by atoms with Crippen LogP contribution in [0.3, 0.4) is 0 Å². The molecule has 2 nitrogen and oxygen atoms in total. The number of hydrogen-bond acceptors (Lipinski definition) is 2. The van der Waals surface area contributed by atoms with Crippen LogP contribution in [0.25, 0.3) is 0 Å². The van der Waals surface area contributed by atoms with E-state index in [0.717, 1.165) is 32.1 Å². The second-order valence-electron chi connectivity index (χ2n) is 3.15. The summed E-state index contributed by atoms with van der Waals surface area (Å²) in [7, 11) is 0. The second kappa shape index (κ2) is 4.95. The first-order valence-corrected chi connectivity index (χ1v) is 4.53. The molecule has 1 aliphatic rings. The smallest absolute Gasteiger partial charge is 0.149 e. The molecule has 0 heterocycles. The summed E-state index contributed by atoms with van der Waals surface area (Å²) in [4.78, 5) is 11.3. The quantitative estimate of drug-likeness (QED) is 0.622. The van der Waals surface area contributed by atoms with Gasteiger partial charge in [0.1, 0.15) is 5.78 Å². The Labute approximate surface area is 73.5 Å². The number of hydrogen-bond donors (Lipinski definition) is 1. The normalized spacial score (nSPS) is 23.2. The van der Waals surface area contributed by atoms with Gasteiger partial charge in [-0.25, -0.2) is 0 Å². The summed E-state index contributed by atoms with van der Waals surface area (Å²) >= 11 is 0. The van der Waals surface area contributed by atoms with Crippen LogP contribution in [0.2, 0.25) is 0 Å². The molecule has 12 heavy (non-hydrogen) atoms. The van der Waals surface area contributed by atoms with Gasteiger partial charge in [0.15, 0.2) is 0 Å². The molecule has 1 rings (SSSR count). The summed E-state index contributed by atoms with van der Waals surface area (Å²) in [6, 6.07) is 0. The van der Waals surface area contributed by atoms with E-state index in [1.54, 1.807) is 0 Å². The molecule has 0 aromatic heterocycles. The van der Waals surface area contributed by atoms with Gasteiger partial charge in [-0.3, -0.25) is 4.79 Å². The predicted octanol–water partition coefficient (Wildman–Crippen LogP) is 1.10. The first-order chi connectivity index (χ1) is 5.84. The summed E-state index contributed by atoms with van der Waals surface area (Å²) in [5, 5.41) is 0. The largest absolute Gasteiger partial charge is 0.324 e. The van der Waals surface area contributed by atoms with Crippen molar-refractivity contribution in [1.82, 2.24) is 0 Å². The van der Waals surface area contributed by atoms with Gasteiger partial charge in [0.25, 0.3) is 0 Å². The number of rotatable bonds is 2. The van der Waals surface area contributed by atoms with Gasteiger partial charge in [-0.15, -0.1) is 11.8 Å². The molecule has 0 radical (unpaired) electrons. The van der Waals surface area contributed by atoms with Gasteiger partial charge in [0, 0.05) is 18.8 Å². The molecule has 0 aromatic carbocycles. The van der Waals surface area contributed by atoms with Crippen molar-refractivity contribution in [3.05, 3.63) is 0 Å². The fourth-order valence-electron chi connectivity index (χ4n) is 1.49. The second-order valence-corrected chi connectivity index (χ2v) is 3.15. The molecule has 2 heteroatoms. The highest BCUT2D eigenvalue weighted by Crippen LogP contribution is 2.16. The monoisotopic (exact) mass is 165 g/mol. The maximum absolute atomic E-state index is 11.3. The van der Waals surface area contributed by atoms with E-state index >= 15 is 0 Å². The molecule has 0 amide bonds. The Morgan fingerprint density at radius 2 is 2.08 bits per heavy atom. The predicted molar refractivity (Wildman–Crippen MR) is 48.4 cm³/mol. The van der Waals surface area contributed by atoms with Crippen LogP contribution in [0, 0.1) is 17.8 Å². The zero-order valence-corrected chi connectivity index (χ0v) is 7.31. The van der Waals surface area contributed by atoms with E-state index in [1.165, 1.54) is 0 Å². The maximum Gasteiger partial charge on any atom is 0.149 e. The minimum atomic E-state index is 0.185. The van der Waals surface area contributed by atoms with E-state index in [2.05, 4.69) is 11.8 Å². The van der Waals surface area contributed by atoms with E-state index in [1.807, 2.05) is 0 Å². The molecule has 66 valence electrons. The fraction of sp³-hybridized carbons (Fsp3) is 0.700. The van der Waals surface area contributed by atoms with Crippen molar-refractivity contribution in [3.8, 4) is 11.8 Å².